The Morgan fingerprint density at radius 2 is 2.00 bits per heavy atom. The molecule has 30 heavy (non-hydrogen) atoms. The summed E-state index contributed by atoms with van der Waals surface area (Å²) in [7, 11) is 1.77. The van der Waals surface area contributed by atoms with Crippen molar-refractivity contribution in [3.63, 3.8) is 0 Å². The first-order valence-corrected chi connectivity index (χ1v) is 9.65. The van der Waals surface area contributed by atoms with Gasteiger partial charge in [-0.1, -0.05) is 12.1 Å². The van der Waals surface area contributed by atoms with Crippen LogP contribution in [-0.4, -0.2) is 65.8 Å². The maximum absolute atomic E-state index is 14.0. The van der Waals surface area contributed by atoms with Gasteiger partial charge in [-0.05, 0) is 24.3 Å². The molecule has 3 heterocycles. The van der Waals surface area contributed by atoms with Crippen LogP contribution in [0.1, 0.15) is 5.82 Å². The number of nitrogens with one attached hydrogen (secondary N) is 2. The zero-order valence-corrected chi connectivity index (χ0v) is 19.0. The summed E-state index contributed by atoms with van der Waals surface area (Å²) in [6.07, 6.45) is 2.28. The van der Waals surface area contributed by atoms with E-state index in [0.717, 1.165) is 38.0 Å². The van der Waals surface area contributed by atoms with Gasteiger partial charge in [0.15, 0.2) is 11.7 Å². The highest BCUT2D eigenvalue weighted by atomic mass is 127. The van der Waals surface area contributed by atoms with Crippen molar-refractivity contribution in [1.82, 2.24) is 25.4 Å². The quantitative estimate of drug-likeness (QED) is 0.303. The van der Waals surface area contributed by atoms with E-state index in [9.17, 15) is 4.39 Å². The van der Waals surface area contributed by atoms with Crippen LogP contribution < -0.4 is 10.2 Å². The molecular formula is C20H25FIN7O. The molecule has 1 aliphatic rings. The topological polar surface area (TPSA) is 85.6 Å². The van der Waals surface area contributed by atoms with E-state index in [4.69, 9.17) is 4.42 Å². The van der Waals surface area contributed by atoms with Gasteiger partial charge in [0.05, 0.1) is 12.0 Å². The smallest absolute Gasteiger partial charge is 0.216 e. The zero-order chi connectivity index (χ0) is 20.1. The summed E-state index contributed by atoms with van der Waals surface area (Å²) in [5.41, 5.74) is 0.660. The number of aromatic nitrogens is 3. The summed E-state index contributed by atoms with van der Waals surface area (Å²) in [6, 6.07) is 10.5. The number of anilines is 1. The van der Waals surface area contributed by atoms with Crippen LogP contribution in [0, 0.1) is 5.82 Å². The van der Waals surface area contributed by atoms with Crippen LogP contribution >= 0.6 is 24.0 Å². The lowest BCUT2D eigenvalue weighted by atomic mass is 10.2. The second-order valence-electron chi connectivity index (χ2n) is 6.73. The Balaban J connectivity index is 0.00000256. The lowest BCUT2D eigenvalue weighted by molar-refractivity contribution is 0.371. The number of nitrogens with zero attached hydrogens (tertiary/aromatic N) is 5. The van der Waals surface area contributed by atoms with Gasteiger partial charge in [-0.3, -0.25) is 10.1 Å². The molecule has 2 aromatic heterocycles. The van der Waals surface area contributed by atoms with Gasteiger partial charge in [0, 0.05) is 46.2 Å². The molecule has 0 saturated carbocycles. The Morgan fingerprint density at radius 3 is 2.70 bits per heavy atom. The first-order valence-electron chi connectivity index (χ1n) is 9.65. The summed E-state index contributed by atoms with van der Waals surface area (Å²) in [6.45, 7) is 3.72. The molecule has 0 unspecified atom stereocenters. The molecule has 160 valence electrons. The molecule has 1 aliphatic heterocycles. The van der Waals surface area contributed by atoms with Gasteiger partial charge in [0.2, 0.25) is 5.82 Å². The molecule has 1 fully saturated rings. The van der Waals surface area contributed by atoms with E-state index in [-0.39, 0.29) is 29.8 Å². The Bertz CT molecular complexity index is 952. The third kappa shape index (κ3) is 5.10. The highest BCUT2D eigenvalue weighted by Crippen LogP contribution is 2.20. The zero-order valence-electron chi connectivity index (χ0n) is 16.7. The molecule has 1 aromatic carbocycles. The number of benzene rings is 1. The predicted molar refractivity (Wildman–Crippen MR) is 125 cm³/mol. The molecule has 0 amide bonds. The minimum Gasteiger partial charge on any atom is -0.461 e. The molecule has 0 radical (unpaired) electrons. The number of aliphatic imine (C=N–C) groups is 1. The van der Waals surface area contributed by atoms with Crippen molar-refractivity contribution in [3.8, 4) is 11.6 Å². The van der Waals surface area contributed by atoms with E-state index in [1.807, 2.05) is 24.3 Å². The van der Waals surface area contributed by atoms with Crippen molar-refractivity contribution in [1.29, 1.82) is 0 Å². The number of hydrogen-bond donors (Lipinski definition) is 2. The monoisotopic (exact) mass is 525 g/mol. The van der Waals surface area contributed by atoms with Crippen LogP contribution in [0.15, 0.2) is 52.1 Å². The summed E-state index contributed by atoms with van der Waals surface area (Å²) in [5, 5.41) is 10.5. The van der Waals surface area contributed by atoms with Gasteiger partial charge >= 0.3 is 0 Å². The molecule has 0 bridgehead atoms. The second kappa shape index (κ2) is 10.4. The Morgan fingerprint density at radius 1 is 1.20 bits per heavy atom. The first kappa shape index (κ1) is 22.1. The van der Waals surface area contributed by atoms with Crippen LogP contribution in [0.5, 0.6) is 0 Å². The molecular weight excluding hydrogens is 500 g/mol. The number of piperazine rings is 1. The summed E-state index contributed by atoms with van der Waals surface area (Å²) in [4.78, 5) is 13.1. The van der Waals surface area contributed by atoms with Crippen LogP contribution in [0.25, 0.3) is 11.6 Å². The van der Waals surface area contributed by atoms with E-state index < -0.39 is 0 Å². The number of para-hydroxylation sites is 1. The molecule has 8 nitrogen and oxygen atoms in total. The fourth-order valence-corrected chi connectivity index (χ4v) is 3.42. The lowest BCUT2D eigenvalue weighted by Crippen LogP contribution is -2.53. The fraction of sp³-hybridized carbons (Fsp3) is 0.350. The second-order valence-corrected chi connectivity index (χ2v) is 6.73. The van der Waals surface area contributed by atoms with Crippen molar-refractivity contribution in [2.24, 2.45) is 4.99 Å². The van der Waals surface area contributed by atoms with Crippen LogP contribution in [-0.2, 0) is 6.42 Å². The van der Waals surface area contributed by atoms with E-state index in [1.54, 1.807) is 19.4 Å². The van der Waals surface area contributed by atoms with Crippen LogP contribution in [0.3, 0.4) is 0 Å². The molecule has 2 N–H and O–H groups in total. The van der Waals surface area contributed by atoms with Crippen LogP contribution in [0.4, 0.5) is 10.1 Å². The van der Waals surface area contributed by atoms with Crippen molar-refractivity contribution >= 4 is 35.6 Å². The predicted octanol–water partition coefficient (Wildman–Crippen LogP) is 2.76. The number of halogens is 2. The molecule has 3 aromatic rings. The van der Waals surface area contributed by atoms with E-state index >= 15 is 0 Å². The maximum atomic E-state index is 14.0. The maximum Gasteiger partial charge on any atom is 0.216 e. The Labute approximate surface area is 191 Å². The summed E-state index contributed by atoms with van der Waals surface area (Å²) >= 11 is 0. The SMILES string of the molecule is CN=C(NCCc1nc(-c2ccco2)n[nH]1)N1CCN(c2ccccc2F)CC1.I. The number of hydrogen-bond acceptors (Lipinski definition) is 5. The molecule has 0 aliphatic carbocycles. The Hall–Kier alpha value is -2.63. The van der Waals surface area contributed by atoms with E-state index in [0.29, 0.717) is 30.2 Å². The Kier molecular flexibility index (Phi) is 7.66. The molecule has 0 spiro atoms. The van der Waals surface area contributed by atoms with Crippen molar-refractivity contribution < 1.29 is 8.81 Å². The van der Waals surface area contributed by atoms with Gasteiger partial charge in [-0.2, -0.15) is 5.10 Å². The van der Waals surface area contributed by atoms with Crippen molar-refractivity contribution in [2.45, 2.75) is 6.42 Å². The number of rotatable bonds is 5. The number of furan rings is 1. The highest BCUT2D eigenvalue weighted by molar-refractivity contribution is 14.0. The standard InChI is InChI=1S/C20H24FN7O.HI/c1-22-20(23-9-8-18-24-19(26-25-18)17-7-4-14-29-17)28-12-10-27(11-13-28)16-6-3-2-5-15(16)21;/h2-7,14H,8-13H2,1H3,(H,22,23)(H,24,25,26);1H. The molecule has 4 rings (SSSR count). The third-order valence-corrected chi connectivity index (χ3v) is 4.90. The average molecular weight is 525 g/mol. The van der Waals surface area contributed by atoms with Gasteiger partial charge in [0.25, 0.3) is 0 Å². The number of H-pyrrole nitrogens is 1. The van der Waals surface area contributed by atoms with Crippen LogP contribution in [0.2, 0.25) is 0 Å². The number of aromatic amines is 1. The first-order chi connectivity index (χ1) is 14.2. The van der Waals surface area contributed by atoms with E-state index in [2.05, 4.69) is 35.3 Å². The number of guanidine groups is 1. The fourth-order valence-electron chi connectivity index (χ4n) is 3.42. The van der Waals surface area contributed by atoms with Crippen molar-refractivity contribution in [2.75, 3.05) is 44.7 Å². The molecule has 0 atom stereocenters. The molecule has 1 saturated heterocycles. The third-order valence-electron chi connectivity index (χ3n) is 4.90. The minimum absolute atomic E-state index is 0. The van der Waals surface area contributed by atoms with Gasteiger partial charge in [0.1, 0.15) is 11.6 Å². The average Bonchev–Trinajstić information content (AvgIpc) is 3.44. The van der Waals surface area contributed by atoms with Gasteiger partial charge < -0.3 is 19.5 Å². The lowest BCUT2D eigenvalue weighted by Gasteiger charge is -2.37. The summed E-state index contributed by atoms with van der Waals surface area (Å²) in [5.74, 6) is 2.64. The normalized spacial score (nSPS) is 14.5. The van der Waals surface area contributed by atoms with Crippen molar-refractivity contribution in [3.05, 3.63) is 54.3 Å². The minimum atomic E-state index is -0.176. The van der Waals surface area contributed by atoms with Gasteiger partial charge in [-0.15, -0.1) is 24.0 Å². The summed E-state index contributed by atoms with van der Waals surface area (Å²) < 4.78 is 19.3. The van der Waals surface area contributed by atoms with Gasteiger partial charge in [-0.25, -0.2) is 9.37 Å². The molecule has 10 heteroatoms. The largest absolute Gasteiger partial charge is 0.461 e. The van der Waals surface area contributed by atoms with E-state index in [1.165, 1.54) is 6.07 Å². The highest BCUT2D eigenvalue weighted by Gasteiger charge is 2.21.